The molecule has 1 aromatic heterocycles. The third kappa shape index (κ3) is 3.61. The number of rotatable bonds is 5. The first kappa shape index (κ1) is 18.2. The second kappa shape index (κ2) is 7.81. The number of hydrogen-bond donors (Lipinski definition) is 0. The summed E-state index contributed by atoms with van der Waals surface area (Å²) in [7, 11) is 0. The lowest BCUT2D eigenvalue weighted by Gasteiger charge is -2.29. The molecule has 0 aliphatic carbocycles. The molecular weight excluding hydrogens is 378 g/mol. The zero-order chi connectivity index (χ0) is 19.5. The summed E-state index contributed by atoms with van der Waals surface area (Å²) in [5.41, 5.74) is 2.58. The van der Waals surface area contributed by atoms with E-state index in [0.717, 1.165) is 29.8 Å². The van der Waals surface area contributed by atoms with Gasteiger partial charge in [-0.3, -0.25) is 19.5 Å². The summed E-state index contributed by atoms with van der Waals surface area (Å²) in [5, 5.41) is 19.7. The molecule has 4 rings (SSSR count). The van der Waals surface area contributed by atoms with Gasteiger partial charge >= 0.3 is 0 Å². The predicted molar refractivity (Wildman–Crippen MR) is 106 cm³/mol. The van der Waals surface area contributed by atoms with Gasteiger partial charge < -0.3 is 4.90 Å². The topological polar surface area (TPSA) is 94.2 Å². The first-order valence-corrected chi connectivity index (χ1v) is 9.78. The Morgan fingerprint density at radius 1 is 1.21 bits per heavy atom. The number of non-ortho nitro benzene ring substituents is 1. The van der Waals surface area contributed by atoms with Crippen molar-refractivity contribution in [1.29, 1.82) is 0 Å². The van der Waals surface area contributed by atoms with Crippen LogP contribution in [0.5, 0.6) is 0 Å². The van der Waals surface area contributed by atoms with Crippen molar-refractivity contribution in [2.45, 2.75) is 18.0 Å². The molecule has 28 heavy (non-hydrogen) atoms. The molecule has 8 nitrogen and oxygen atoms in total. The maximum absolute atomic E-state index is 12.8. The SMILES string of the molecule is O=C(CSc1nncn1-c1ccccc1)N1CCCc2cc([N+](=O)[O-])ccc21. The zero-order valence-electron chi connectivity index (χ0n) is 14.9. The molecule has 0 spiro atoms. The first-order valence-electron chi connectivity index (χ1n) is 8.79. The fourth-order valence-electron chi connectivity index (χ4n) is 3.25. The zero-order valence-corrected chi connectivity index (χ0v) is 15.7. The highest BCUT2D eigenvalue weighted by Gasteiger charge is 2.24. The van der Waals surface area contributed by atoms with Crippen LogP contribution in [0.15, 0.2) is 60.0 Å². The highest BCUT2D eigenvalue weighted by molar-refractivity contribution is 7.99. The molecule has 0 atom stereocenters. The van der Waals surface area contributed by atoms with Crippen LogP contribution < -0.4 is 4.90 Å². The standard InChI is InChI=1S/C19H17N5O3S/c25-18(12-28-19-21-20-13-23(19)15-6-2-1-3-7-15)22-10-4-5-14-11-16(24(26)27)8-9-17(14)22/h1-3,6-9,11,13H,4-5,10,12H2. The number of aromatic nitrogens is 3. The van der Waals surface area contributed by atoms with Gasteiger partial charge in [-0.2, -0.15) is 0 Å². The average Bonchev–Trinajstić information content (AvgIpc) is 3.20. The Labute approximate surface area is 165 Å². The summed E-state index contributed by atoms with van der Waals surface area (Å²) < 4.78 is 1.84. The number of anilines is 1. The number of benzene rings is 2. The van der Waals surface area contributed by atoms with Crippen LogP contribution in [0, 0.1) is 10.1 Å². The Morgan fingerprint density at radius 2 is 2.04 bits per heavy atom. The van der Waals surface area contributed by atoms with Gasteiger partial charge in [0.1, 0.15) is 6.33 Å². The number of amides is 1. The molecule has 0 radical (unpaired) electrons. The Bertz CT molecular complexity index is 1020. The molecule has 1 aliphatic rings. The van der Waals surface area contributed by atoms with Gasteiger partial charge in [0.2, 0.25) is 5.91 Å². The average molecular weight is 395 g/mol. The molecule has 9 heteroatoms. The van der Waals surface area contributed by atoms with E-state index in [1.807, 2.05) is 34.9 Å². The number of aryl methyl sites for hydroxylation is 1. The molecule has 1 amide bonds. The van der Waals surface area contributed by atoms with Gasteiger partial charge in [0, 0.05) is 30.1 Å². The van der Waals surface area contributed by atoms with Crippen LogP contribution in [0.1, 0.15) is 12.0 Å². The quantitative estimate of drug-likeness (QED) is 0.374. The van der Waals surface area contributed by atoms with Crippen molar-refractivity contribution in [2.24, 2.45) is 0 Å². The first-order chi connectivity index (χ1) is 13.6. The van der Waals surface area contributed by atoms with Gasteiger partial charge in [-0.15, -0.1) is 10.2 Å². The molecule has 3 aromatic rings. The summed E-state index contributed by atoms with van der Waals surface area (Å²) >= 11 is 1.32. The van der Waals surface area contributed by atoms with Gasteiger partial charge in [0.15, 0.2) is 5.16 Å². The van der Waals surface area contributed by atoms with E-state index in [9.17, 15) is 14.9 Å². The van der Waals surface area contributed by atoms with Crippen LogP contribution >= 0.6 is 11.8 Å². The van der Waals surface area contributed by atoms with E-state index in [2.05, 4.69) is 10.2 Å². The van der Waals surface area contributed by atoms with Crippen molar-refractivity contribution in [2.75, 3.05) is 17.2 Å². The van der Waals surface area contributed by atoms with Crippen LogP contribution in [0.25, 0.3) is 5.69 Å². The number of para-hydroxylation sites is 1. The predicted octanol–water partition coefficient (Wildman–Crippen LogP) is 3.25. The minimum absolute atomic E-state index is 0.0533. The van der Waals surface area contributed by atoms with E-state index < -0.39 is 4.92 Å². The van der Waals surface area contributed by atoms with Crippen molar-refractivity contribution in [3.05, 3.63) is 70.5 Å². The van der Waals surface area contributed by atoms with Crippen molar-refractivity contribution < 1.29 is 9.72 Å². The van der Waals surface area contributed by atoms with Crippen LogP contribution in [-0.2, 0) is 11.2 Å². The third-order valence-electron chi connectivity index (χ3n) is 4.57. The van der Waals surface area contributed by atoms with Crippen molar-refractivity contribution in [3.63, 3.8) is 0 Å². The summed E-state index contributed by atoms with van der Waals surface area (Å²) in [6.07, 6.45) is 3.14. The third-order valence-corrected chi connectivity index (χ3v) is 5.50. The van der Waals surface area contributed by atoms with E-state index >= 15 is 0 Å². The van der Waals surface area contributed by atoms with Gasteiger partial charge in [-0.25, -0.2) is 0 Å². The minimum atomic E-state index is -0.409. The molecule has 0 unspecified atom stereocenters. The lowest BCUT2D eigenvalue weighted by molar-refractivity contribution is -0.384. The summed E-state index contributed by atoms with van der Waals surface area (Å²) in [5.74, 6) is 0.157. The Kier molecular flexibility index (Phi) is 5.07. The lowest BCUT2D eigenvalue weighted by atomic mass is 10.0. The van der Waals surface area contributed by atoms with E-state index in [1.165, 1.54) is 17.8 Å². The Hall–Kier alpha value is -3.20. The highest BCUT2D eigenvalue weighted by atomic mass is 32.2. The second-order valence-corrected chi connectivity index (χ2v) is 7.27. The molecule has 0 saturated heterocycles. The number of nitrogens with zero attached hydrogens (tertiary/aromatic N) is 5. The number of carbonyl (C=O) groups is 1. The Balaban J connectivity index is 1.49. The largest absolute Gasteiger partial charge is 0.311 e. The van der Waals surface area contributed by atoms with Crippen molar-refractivity contribution in [3.8, 4) is 5.69 Å². The van der Waals surface area contributed by atoms with Crippen LogP contribution in [0.4, 0.5) is 11.4 Å². The molecule has 142 valence electrons. The van der Waals surface area contributed by atoms with E-state index in [0.29, 0.717) is 11.7 Å². The normalized spacial score (nSPS) is 13.2. The molecule has 0 N–H and O–H groups in total. The number of nitro benzene ring substituents is 1. The van der Waals surface area contributed by atoms with Crippen molar-refractivity contribution >= 4 is 29.0 Å². The number of thioether (sulfide) groups is 1. The fraction of sp³-hybridized carbons (Fsp3) is 0.211. The molecule has 1 aliphatic heterocycles. The number of hydrogen-bond acceptors (Lipinski definition) is 6. The molecule has 0 bridgehead atoms. The summed E-state index contributed by atoms with van der Waals surface area (Å²) in [6.45, 7) is 0.607. The highest BCUT2D eigenvalue weighted by Crippen LogP contribution is 2.31. The maximum atomic E-state index is 12.8. The maximum Gasteiger partial charge on any atom is 0.269 e. The van der Waals surface area contributed by atoms with Gasteiger partial charge in [-0.1, -0.05) is 30.0 Å². The van der Waals surface area contributed by atoms with E-state index in [1.54, 1.807) is 23.4 Å². The van der Waals surface area contributed by atoms with E-state index in [4.69, 9.17) is 0 Å². The Morgan fingerprint density at radius 3 is 2.82 bits per heavy atom. The van der Waals surface area contributed by atoms with Gasteiger partial charge in [0.05, 0.1) is 10.7 Å². The number of nitro groups is 1. The van der Waals surface area contributed by atoms with Gasteiger partial charge in [0.25, 0.3) is 5.69 Å². The molecular formula is C19H17N5O3S. The lowest BCUT2D eigenvalue weighted by Crippen LogP contribution is -2.36. The molecule has 0 fully saturated rings. The summed E-state index contributed by atoms with van der Waals surface area (Å²) in [6, 6.07) is 14.4. The fourth-order valence-corrected chi connectivity index (χ4v) is 4.05. The minimum Gasteiger partial charge on any atom is -0.311 e. The van der Waals surface area contributed by atoms with Crippen LogP contribution in [0.2, 0.25) is 0 Å². The smallest absolute Gasteiger partial charge is 0.269 e. The monoisotopic (exact) mass is 395 g/mol. The second-order valence-electron chi connectivity index (χ2n) is 6.33. The molecule has 0 saturated carbocycles. The van der Waals surface area contributed by atoms with Crippen LogP contribution in [-0.4, -0.2) is 37.9 Å². The number of fused-ring (bicyclic) bond motifs is 1. The van der Waals surface area contributed by atoms with Crippen LogP contribution in [0.3, 0.4) is 0 Å². The van der Waals surface area contributed by atoms with E-state index in [-0.39, 0.29) is 17.3 Å². The summed E-state index contributed by atoms with van der Waals surface area (Å²) in [4.78, 5) is 25.1. The molecule has 2 aromatic carbocycles. The number of carbonyl (C=O) groups excluding carboxylic acids is 1. The molecule has 2 heterocycles. The van der Waals surface area contributed by atoms with Gasteiger partial charge in [-0.05, 0) is 36.6 Å². The van der Waals surface area contributed by atoms with Crippen molar-refractivity contribution in [1.82, 2.24) is 14.8 Å².